The lowest BCUT2D eigenvalue weighted by molar-refractivity contribution is 1.28. The Balaban J connectivity index is 1.40. The van der Waals surface area contributed by atoms with Gasteiger partial charge in [0.2, 0.25) is 0 Å². The molecule has 212 valence electrons. The van der Waals surface area contributed by atoms with Crippen molar-refractivity contribution < 1.29 is 0 Å². The van der Waals surface area contributed by atoms with Crippen molar-refractivity contribution in [1.29, 1.82) is 0 Å². The van der Waals surface area contributed by atoms with Crippen LogP contribution >= 0.6 is 0 Å². The molecule has 0 aromatic heterocycles. The van der Waals surface area contributed by atoms with Crippen molar-refractivity contribution in [3.8, 4) is 33.4 Å². The molecule has 0 unspecified atom stereocenters. The number of hydrogen-bond donors (Lipinski definition) is 0. The van der Waals surface area contributed by atoms with Gasteiger partial charge in [-0.1, -0.05) is 152 Å². The molecule has 0 saturated heterocycles. The van der Waals surface area contributed by atoms with Crippen LogP contribution in [0.15, 0.2) is 188 Å². The minimum Gasteiger partial charge on any atom is -0.310 e. The molecular formula is C44H31N. The molecule has 8 aromatic carbocycles. The fraction of sp³-hybridized carbons (Fsp3) is 0. The molecule has 8 rings (SSSR count). The van der Waals surface area contributed by atoms with E-state index in [9.17, 15) is 0 Å². The van der Waals surface area contributed by atoms with Gasteiger partial charge in [-0.25, -0.2) is 0 Å². The molecule has 1 heteroatoms. The summed E-state index contributed by atoms with van der Waals surface area (Å²) >= 11 is 0. The number of para-hydroxylation sites is 1. The van der Waals surface area contributed by atoms with Gasteiger partial charge in [-0.15, -0.1) is 0 Å². The molecule has 0 radical (unpaired) electrons. The third-order valence-corrected chi connectivity index (χ3v) is 8.65. The number of anilines is 3. The average molecular weight is 574 g/mol. The van der Waals surface area contributed by atoms with Crippen LogP contribution in [0.4, 0.5) is 17.1 Å². The minimum absolute atomic E-state index is 1.11. The van der Waals surface area contributed by atoms with Crippen molar-refractivity contribution >= 4 is 38.6 Å². The van der Waals surface area contributed by atoms with E-state index in [2.05, 4.69) is 193 Å². The standard InChI is InChI=1S/C44H31N/c1-4-15-32(16-5-1)33-27-29-37(30-28-33)45(36-20-8-3-9-21-36)43-26-14-25-41(44(43)34-17-6-2-7-18-34)42-31-35-19-10-11-22-38(35)39-23-12-13-24-40(39)42/h1-31H. The highest BCUT2D eigenvalue weighted by molar-refractivity contribution is 6.15. The second-order valence-corrected chi connectivity index (χ2v) is 11.3. The van der Waals surface area contributed by atoms with Crippen molar-refractivity contribution in [1.82, 2.24) is 0 Å². The van der Waals surface area contributed by atoms with Crippen LogP contribution in [0.25, 0.3) is 54.9 Å². The molecular weight excluding hydrogens is 542 g/mol. The van der Waals surface area contributed by atoms with Crippen LogP contribution in [-0.4, -0.2) is 0 Å². The normalized spacial score (nSPS) is 11.1. The Bertz CT molecular complexity index is 2240. The Hall–Kier alpha value is -5.92. The van der Waals surface area contributed by atoms with Gasteiger partial charge in [0, 0.05) is 16.9 Å². The quantitative estimate of drug-likeness (QED) is 0.179. The average Bonchev–Trinajstić information content (AvgIpc) is 3.13. The smallest absolute Gasteiger partial charge is 0.0546 e. The van der Waals surface area contributed by atoms with Crippen molar-refractivity contribution in [3.63, 3.8) is 0 Å². The van der Waals surface area contributed by atoms with E-state index in [1.807, 2.05) is 0 Å². The molecule has 0 N–H and O–H groups in total. The van der Waals surface area contributed by atoms with Gasteiger partial charge >= 0.3 is 0 Å². The Morgan fingerprint density at radius 3 is 1.56 bits per heavy atom. The van der Waals surface area contributed by atoms with Crippen LogP contribution in [0.5, 0.6) is 0 Å². The molecule has 45 heavy (non-hydrogen) atoms. The van der Waals surface area contributed by atoms with Gasteiger partial charge in [0.15, 0.2) is 0 Å². The van der Waals surface area contributed by atoms with E-state index in [-0.39, 0.29) is 0 Å². The highest BCUT2D eigenvalue weighted by atomic mass is 15.1. The van der Waals surface area contributed by atoms with Crippen LogP contribution < -0.4 is 4.90 Å². The summed E-state index contributed by atoms with van der Waals surface area (Å²) in [4.78, 5) is 2.39. The first-order chi connectivity index (χ1) is 22.3. The summed E-state index contributed by atoms with van der Waals surface area (Å²) in [5, 5.41) is 5.04. The van der Waals surface area contributed by atoms with Crippen LogP contribution in [0.1, 0.15) is 0 Å². The van der Waals surface area contributed by atoms with Gasteiger partial charge in [0.05, 0.1) is 5.69 Å². The molecule has 0 amide bonds. The third kappa shape index (κ3) is 4.95. The lowest BCUT2D eigenvalue weighted by Gasteiger charge is -2.29. The number of hydrogen-bond acceptors (Lipinski definition) is 1. The maximum atomic E-state index is 2.39. The first-order valence-corrected chi connectivity index (χ1v) is 15.5. The molecule has 0 aliphatic carbocycles. The van der Waals surface area contributed by atoms with Crippen molar-refractivity contribution in [2.45, 2.75) is 0 Å². The maximum absolute atomic E-state index is 2.39. The first kappa shape index (κ1) is 26.7. The molecule has 0 saturated carbocycles. The third-order valence-electron chi connectivity index (χ3n) is 8.65. The topological polar surface area (TPSA) is 3.24 Å². The molecule has 0 aliphatic heterocycles. The molecule has 1 nitrogen and oxygen atoms in total. The molecule has 0 atom stereocenters. The number of fused-ring (bicyclic) bond motifs is 3. The summed E-state index contributed by atoms with van der Waals surface area (Å²) in [6, 6.07) is 67.6. The Kier molecular flexibility index (Phi) is 6.90. The Morgan fingerprint density at radius 2 is 0.844 bits per heavy atom. The van der Waals surface area contributed by atoms with Crippen molar-refractivity contribution in [2.75, 3.05) is 4.90 Å². The zero-order valence-corrected chi connectivity index (χ0v) is 24.8. The largest absolute Gasteiger partial charge is 0.310 e. The first-order valence-electron chi connectivity index (χ1n) is 15.5. The zero-order valence-electron chi connectivity index (χ0n) is 24.8. The molecule has 0 spiro atoms. The highest BCUT2D eigenvalue weighted by Gasteiger charge is 2.21. The number of rotatable bonds is 6. The summed E-state index contributed by atoms with van der Waals surface area (Å²) in [6.07, 6.45) is 0. The van der Waals surface area contributed by atoms with E-state index in [0.29, 0.717) is 0 Å². The fourth-order valence-corrected chi connectivity index (χ4v) is 6.57. The van der Waals surface area contributed by atoms with Crippen LogP contribution in [0.2, 0.25) is 0 Å². The predicted octanol–water partition coefficient (Wildman–Crippen LogP) is 12.5. The van der Waals surface area contributed by atoms with E-state index >= 15 is 0 Å². The molecule has 0 fully saturated rings. The van der Waals surface area contributed by atoms with Gasteiger partial charge in [0.1, 0.15) is 0 Å². The number of nitrogens with zero attached hydrogens (tertiary/aromatic N) is 1. The highest BCUT2D eigenvalue weighted by Crippen LogP contribution is 2.47. The van der Waals surface area contributed by atoms with E-state index < -0.39 is 0 Å². The van der Waals surface area contributed by atoms with E-state index in [1.165, 1.54) is 54.9 Å². The van der Waals surface area contributed by atoms with Crippen LogP contribution in [0, 0.1) is 0 Å². The van der Waals surface area contributed by atoms with Gasteiger partial charge in [-0.05, 0) is 85.8 Å². The zero-order chi connectivity index (χ0) is 30.0. The lowest BCUT2D eigenvalue weighted by atomic mass is 9.87. The van der Waals surface area contributed by atoms with E-state index in [0.717, 1.165) is 17.1 Å². The Morgan fingerprint density at radius 1 is 0.311 bits per heavy atom. The molecule has 0 heterocycles. The summed E-state index contributed by atoms with van der Waals surface area (Å²) < 4.78 is 0. The Labute approximate surface area is 264 Å². The van der Waals surface area contributed by atoms with Gasteiger partial charge in [-0.2, -0.15) is 0 Å². The van der Waals surface area contributed by atoms with E-state index in [1.54, 1.807) is 0 Å². The lowest BCUT2D eigenvalue weighted by Crippen LogP contribution is -2.11. The van der Waals surface area contributed by atoms with Crippen LogP contribution in [-0.2, 0) is 0 Å². The van der Waals surface area contributed by atoms with Crippen molar-refractivity contribution in [2.24, 2.45) is 0 Å². The van der Waals surface area contributed by atoms with Crippen LogP contribution in [0.3, 0.4) is 0 Å². The summed E-state index contributed by atoms with van der Waals surface area (Å²) in [6.45, 7) is 0. The fourth-order valence-electron chi connectivity index (χ4n) is 6.57. The second kappa shape index (κ2) is 11.6. The molecule has 8 aromatic rings. The second-order valence-electron chi connectivity index (χ2n) is 11.3. The SMILES string of the molecule is c1ccc(-c2ccc(N(c3ccccc3)c3cccc(-c4cc5ccccc5c5ccccc45)c3-c3ccccc3)cc2)cc1. The molecule has 0 bridgehead atoms. The molecule has 0 aliphatic rings. The summed E-state index contributed by atoms with van der Waals surface area (Å²) in [5.41, 5.74) is 10.6. The monoisotopic (exact) mass is 573 g/mol. The number of benzene rings is 8. The predicted molar refractivity (Wildman–Crippen MR) is 192 cm³/mol. The van der Waals surface area contributed by atoms with Crippen molar-refractivity contribution in [3.05, 3.63) is 188 Å². The van der Waals surface area contributed by atoms with Gasteiger partial charge in [-0.3, -0.25) is 0 Å². The maximum Gasteiger partial charge on any atom is 0.0546 e. The van der Waals surface area contributed by atoms with Gasteiger partial charge < -0.3 is 4.90 Å². The summed E-state index contributed by atoms with van der Waals surface area (Å²) in [5.74, 6) is 0. The van der Waals surface area contributed by atoms with Gasteiger partial charge in [0.25, 0.3) is 0 Å². The summed E-state index contributed by atoms with van der Waals surface area (Å²) in [7, 11) is 0. The minimum atomic E-state index is 1.11. The van der Waals surface area contributed by atoms with E-state index in [4.69, 9.17) is 0 Å².